The van der Waals surface area contributed by atoms with Crippen LogP contribution in [0.2, 0.25) is 5.02 Å². The minimum absolute atomic E-state index is 0.449. The van der Waals surface area contributed by atoms with Crippen LogP contribution in [0.5, 0.6) is 5.75 Å². The van der Waals surface area contributed by atoms with E-state index in [0.29, 0.717) is 23.7 Å². The Morgan fingerprint density at radius 2 is 2.12 bits per heavy atom. The smallest absolute Gasteiger partial charge is 0.140 e. The van der Waals surface area contributed by atoms with Gasteiger partial charge in [0.05, 0.1) is 18.2 Å². The second kappa shape index (κ2) is 5.53. The maximum Gasteiger partial charge on any atom is 0.140 e. The van der Waals surface area contributed by atoms with Gasteiger partial charge in [-0.25, -0.2) is 0 Å². The third kappa shape index (κ3) is 2.48. The van der Waals surface area contributed by atoms with Crippen LogP contribution in [0.15, 0.2) is 6.07 Å². The molecule has 1 aromatic rings. The molecular formula is C12H18ClNO2. The van der Waals surface area contributed by atoms with E-state index in [1.54, 1.807) is 7.11 Å². The molecule has 0 saturated heterocycles. The van der Waals surface area contributed by atoms with Crippen molar-refractivity contribution < 1.29 is 9.84 Å². The summed E-state index contributed by atoms with van der Waals surface area (Å²) in [5.41, 5.74) is 8.05. The standard InChI is InChI=1S/C12H18ClNO2/c1-7-6-9(10(15)4-5-14)8(2)12(16-3)11(7)13/h6,10,15H,4-5,14H2,1-3H3. The zero-order chi connectivity index (χ0) is 12.3. The maximum absolute atomic E-state index is 9.96. The van der Waals surface area contributed by atoms with Gasteiger partial charge in [-0.15, -0.1) is 0 Å². The number of aliphatic hydroxyl groups excluding tert-OH is 1. The highest BCUT2D eigenvalue weighted by molar-refractivity contribution is 6.33. The molecule has 0 amide bonds. The highest BCUT2D eigenvalue weighted by Gasteiger charge is 2.17. The van der Waals surface area contributed by atoms with E-state index in [1.807, 2.05) is 19.9 Å². The first-order chi connectivity index (χ1) is 7.52. The van der Waals surface area contributed by atoms with Gasteiger partial charge in [0.15, 0.2) is 0 Å². The number of rotatable bonds is 4. The molecule has 4 heteroatoms. The molecule has 0 aliphatic carbocycles. The highest BCUT2D eigenvalue weighted by Crippen LogP contribution is 2.36. The molecule has 3 nitrogen and oxygen atoms in total. The van der Waals surface area contributed by atoms with Crippen LogP contribution in [-0.2, 0) is 0 Å². The summed E-state index contributed by atoms with van der Waals surface area (Å²) < 4.78 is 5.25. The van der Waals surface area contributed by atoms with E-state index in [1.165, 1.54) is 0 Å². The van der Waals surface area contributed by atoms with E-state index < -0.39 is 6.10 Å². The number of benzene rings is 1. The monoisotopic (exact) mass is 243 g/mol. The summed E-state index contributed by atoms with van der Waals surface area (Å²) in [5.74, 6) is 0.632. The number of hydrogen-bond donors (Lipinski definition) is 2. The third-order valence-electron chi connectivity index (χ3n) is 2.69. The minimum atomic E-state index is -0.560. The van der Waals surface area contributed by atoms with Crippen LogP contribution in [0.4, 0.5) is 0 Å². The summed E-state index contributed by atoms with van der Waals surface area (Å²) in [7, 11) is 1.58. The fourth-order valence-corrected chi connectivity index (χ4v) is 2.06. The molecule has 0 spiro atoms. The van der Waals surface area contributed by atoms with Gasteiger partial charge in [0.2, 0.25) is 0 Å². The SMILES string of the molecule is COc1c(C)c(C(O)CCN)cc(C)c1Cl. The first kappa shape index (κ1) is 13.3. The zero-order valence-corrected chi connectivity index (χ0v) is 10.6. The largest absolute Gasteiger partial charge is 0.495 e. The molecule has 1 rings (SSSR count). The molecule has 3 N–H and O–H groups in total. The molecule has 0 radical (unpaired) electrons. The van der Waals surface area contributed by atoms with E-state index in [-0.39, 0.29) is 0 Å². The van der Waals surface area contributed by atoms with Crippen molar-refractivity contribution in [3.63, 3.8) is 0 Å². The van der Waals surface area contributed by atoms with Gasteiger partial charge in [-0.1, -0.05) is 17.7 Å². The zero-order valence-electron chi connectivity index (χ0n) is 9.88. The summed E-state index contributed by atoms with van der Waals surface area (Å²) in [6.45, 7) is 4.23. The molecule has 1 unspecified atom stereocenters. The summed E-state index contributed by atoms with van der Waals surface area (Å²) in [6.07, 6.45) is -0.0275. The molecule has 0 aromatic heterocycles. The van der Waals surface area contributed by atoms with E-state index in [2.05, 4.69) is 0 Å². The van der Waals surface area contributed by atoms with Crippen LogP contribution >= 0.6 is 11.6 Å². The summed E-state index contributed by atoms with van der Waals surface area (Å²) in [4.78, 5) is 0. The number of methoxy groups -OCH3 is 1. The predicted octanol–water partition coefficient (Wildman–Crippen LogP) is 2.35. The Labute approximate surface area is 101 Å². The second-order valence-electron chi connectivity index (χ2n) is 3.85. The Morgan fingerprint density at radius 1 is 1.50 bits per heavy atom. The van der Waals surface area contributed by atoms with E-state index in [9.17, 15) is 5.11 Å². The summed E-state index contributed by atoms with van der Waals surface area (Å²) in [6, 6.07) is 1.89. The average molecular weight is 244 g/mol. The lowest BCUT2D eigenvalue weighted by molar-refractivity contribution is 0.169. The molecule has 0 aliphatic rings. The number of aryl methyl sites for hydroxylation is 1. The summed E-state index contributed by atoms with van der Waals surface area (Å²) >= 11 is 6.12. The topological polar surface area (TPSA) is 55.5 Å². The third-order valence-corrected chi connectivity index (χ3v) is 3.16. The van der Waals surface area contributed by atoms with Gasteiger partial charge in [0.25, 0.3) is 0 Å². The first-order valence-electron chi connectivity index (χ1n) is 5.24. The van der Waals surface area contributed by atoms with Gasteiger partial charge >= 0.3 is 0 Å². The number of nitrogens with two attached hydrogens (primary N) is 1. The predicted molar refractivity (Wildman–Crippen MR) is 66.1 cm³/mol. The molecule has 0 fully saturated rings. The van der Waals surface area contributed by atoms with Gasteiger partial charge in [-0.2, -0.15) is 0 Å². The van der Waals surface area contributed by atoms with Crippen molar-refractivity contribution in [1.29, 1.82) is 0 Å². The Hall–Kier alpha value is -0.770. The minimum Gasteiger partial charge on any atom is -0.495 e. The van der Waals surface area contributed by atoms with Crippen LogP contribution in [0.3, 0.4) is 0 Å². The molecule has 90 valence electrons. The Morgan fingerprint density at radius 3 is 2.62 bits per heavy atom. The first-order valence-corrected chi connectivity index (χ1v) is 5.62. The Kier molecular flexibility index (Phi) is 4.59. The van der Waals surface area contributed by atoms with Crippen molar-refractivity contribution in [1.82, 2.24) is 0 Å². The molecule has 1 atom stereocenters. The van der Waals surface area contributed by atoms with Crippen molar-refractivity contribution in [2.24, 2.45) is 5.73 Å². The summed E-state index contributed by atoms with van der Waals surface area (Å²) in [5, 5.41) is 10.6. The van der Waals surface area contributed by atoms with Crippen molar-refractivity contribution >= 4 is 11.6 Å². The Balaban J connectivity index is 3.25. The second-order valence-corrected chi connectivity index (χ2v) is 4.23. The van der Waals surface area contributed by atoms with Crippen LogP contribution in [0.1, 0.15) is 29.2 Å². The lowest BCUT2D eigenvalue weighted by Crippen LogP contribution is -2.09. The molecule has 0 heterocycles. The van der Waals surface area contributed by atoms with Crippen LogP contribution in [0, 0.1) is 13.8 Å². The lowest BCUT2D eigenvalue weighted by atomic mass is 9.98. The van der Waals surface area contributed by atoms with Crippen LogP contribution < -0.4 is 10.5 Å². The normalized spacial score (nSPS) is 12.6. The van der Waals surface area contributed by atoms with E-state index >= 15 is 0 Å². The van der Waals surface area contributed by atoms with Crippen molar-refractivity contribution in [2.45, 2.75) is 26.4 Å². The molecule has 16 heavy (non-hydrogen) atoms. The van der Waals surface area contributed by atoms with Crippen molar-refractivity contribution in [3.8, 4) is 5.75 Å². The van der Waals surface area contributed by atoms with Gasteiger partial charge in [-0.05, 0) is 43.5 Å². The quantitative estimate of drug-likeness (QED) is 0.854. The molecule has 1 aromatic carbocycles. The average Bonchev–Trinajstić information content (AvgIpc) is 2.24. The fourth-order valence-electron chi connectivity index (χ4n) is 1.78. The number of ether oxygens (including phenoxy) is 1. The number of hydrogen-bond acceptors (Lipinski definition) is 3. The molecule has 0 bridgehead atoms. The van der Waals surface area contributed by atoms with Crippen molar-refractivity contribution in [3.05, 3.63) is 27.8 Å². The fraction of sp³-hybridized carbons (Fsp3) is 0.500. The van der Waals surface area contributed by atoms with E-state index in [4.69, 9.17) is 22.1 Å². The Bertz CT molecular complexity index is 380. The van der Waals surface area contributed by atoms with Crippen LogP contribution in [0.25, 0.3) is 0 Å². The number of halogens is 1. The van der Waals surface area contributed by atoms with Crippen LogP contribution in [-0.4, -0.2) is 18.8 Å². The molecule has 0 aliphatic heterocycles. The van der Waals surface area contributed by atoms with Gasteiger partial charge < -0.3 is 15.6 Å². The highest BCUT2D eigenvalue weighted by atomic mass is 35.5. The van der Waals surface area contributed by atoms with E-state index in [0.717, 1.165) is 16.7 Å². The van der Waals surface area contributed by atoms with Gasteiger partial charge in [-0.3, -0.25) is 0 Å². The lowest BCUT2D eigenvalue weighted by Gasteiger charge is -2.18. The van der Waals surface area contributed by atoms with Gasteiger partial charge in [0.1, 0.15) is 5.75 Å². The molecule has 0 saturated carbocycles. The number of aliphatic hydroxyl groups is 1. The van der Waals surface area contributed by atoms with Gasteiger partial charge in [0, 0.05) is 0 Å². The van der Waals surface area contributed by atoms with Crippen molar-refractivity contribution in [2.75, 3.05) is 13.7 Å². The molecular weight excluding hydrogens is 226 g/mol. The maximum atomic E-state index is 9.96.